The van der Waals surface area contributed by atoms with E-state index in [-0.39, 0.29) is 5.91 Å². The first-order chi connectivity index (χ1) is 12.9. The number of nitrogens with zero attached hydrogens (tertiary/aromatic N) is 2. The zero-order valence-corrected chi connectivity index (χ0v) is 16.5. The van der Waals surface area contributed by atoms with Crippen molar-refractivity contribution in [2.45, 2.75) is 6.92 Å². The zero-order chi connectivity index (χ0) is 19.1. The second kappa shape index (κ2) is 7.01. The summed E-state index contributed by atoms with van der Waals surface area (Å²) >= 11 is 18.4. The Labute approximate surface area is 171 Å². The molecule has 0 aromatic heterocycles. The summed E-state index contributed by atoms with van der Waals surface area (Å²) in [6, 6.07) is 18.0. The highest BCUT2D eigenvalue weighted by Gasteiger charge is 2.35. The van der Waals surface area contributed by atoms with Crippen molar-refractivity contribution >= 4 is 63.5 Å². The maximum absolute atomic E-state index is 13.2. The van der Waals surface area contributed by atoms with Crippen LogP contribution in [-0.2, 0) is 4.79 Å². The third-order valence-corrected chi connectivity index (χ3v) is 5.15. The monoisotopic (exact) mass is 414 g/mol. The van der Waals surface area contributed by atoms with Crippen LogP contribution in [0.25, 0.3) is 0 Å². The van der Waals surface area contributed by atoms with Gasteiger partial charge in [0.15, 0.2) is 0 Å². The van der Waals surface area contributed by atoms with E-state index in [4.69, 9.17) is 34.8 Å². The average molecular weight is 416 g/mol. The van der Waals surface area contributed by atoms with Crippen molar-refractivity contribution in [1.82, 2.24) is 0 Å². The highest BCUT2D eigenvalue weighted by atomic mass is 35.5. The van der Waals surface area contributed by atoms with Crippen molar-refractivity contribution in [3.05, 3.63) is 86.9 Å². The van der Waals surface area contributed by atoms with Crippen molar-refractivity contribution in [3.8, 4) is 0 Å². The van der Waals surface area contributed by atoms with Gasteiger partial charge in [0.1, 0.15) is 5.71 Å². The molecule has 1 amide bonds. The van der Waals surface area contributed by atoms with Crippen molar-refractivity contribution < 1.29 is 4.79 Å². The molecule has 3 nitrogen and oxygen atoms in total. The SMILES string of the molecule is Cc1cc(N=C2C(=O)N(c3cc(Cl)cc(Cl)c3)c3ccccc32)ccc1Cl. The summed E-state index contributed by atoms with van der Waals surface area (Å²) in [7, 11) is 0. The predicted molar refractivity (Wildman–Crippen MR) is 112 cm³/mol. The number of halogens is 3. The molecule has 0 unspecified atom stereocenters. The topological polar surface area (TPSA) is 32.7 Å². The lowest BCUT2D eigenvalue weighted by Gasteiger charge is -2.17. The Balaban J connectivity index is 1.87. The summed E-state index contributed by atoms with van der Waals surface area (Å²) < 4.78 is 0. The predicted octanol–water partition coefficient (Wildman–Crippen LogP) is 6.75. The maximum Gasteiger partial charge on any atom is 0.282 e. The Morgan fingerprint density at radius 3 is 2.30 bits per heavy atom. The number of benzene rings is 3. The molecule has 3 aromatic rings. The average Bonchev–Trinajstić information content (AvgIpc) is 2.89. The first-order valence-corrected chi connectivity index (χ1v) is 9.32. The van der Waals surface area contributed by atoms with Gasteiger partial charge in [0.2, 0.25) is 0 Å². The second-order valence-corrected chi connectivity index (χ2v) is 7.46. The van der Waals surface area contributed by atoms with Crippen LogP contribution in [0.3, 0.4) is 0 Å². The van der Waals surface area contributed by atoms with Gasteiger partial charge in [0.05, 0.1) is 17.1 Å². The van der Waals surface area contributed by atoms with E-state index in [9.17, 15) is 4.79 Å². The Morgan fingerprint density at radius 1 is 0.889 bits per heavy atom. The van der Waals surface area contributed by atoms with Gasteiger partial charge in [-0.1, -0.05) is 53.0 Å². The van der Waals surface area contributed by atoms with E-state index >= 15 is 0 Å². The minimum Gasteiger partial charge on any atom is -0.275 e. The summed E-state index contributed by atoms with van der Waals surface area (Å²) in [4.78, 5) is 19.4. The molecule has 1 heterocycles. The van der Waals surface area contributed by atoms with Crippen LogP contribution in [0, 0.1) is 6.92 Å². The molecule has 6 heteroatoms. The highest BCUT2D eigenvalue weighted by molar-refractivity contribution is 6.56. The Bertz CT molecular complexity index is 1090. The first kappa shape index (κ1) is 18.1. The first-order valence-electron chi connectivity index (χ1n) is 8.19. The molecule has 0 atom stereocenters. The van der Waals surface area contributed by atoms with E-state index in [0.29, 0.717) is 32.2 Å². The lowest BCUT2D eigenvalue weighted by molar-refractivity contribution is -0.111. The van der Waals surface area contributed by atoms with Crippen molar-refractivity contribution in [1.29, 1.82) is 0 Å². The van der Waals surface area contributed by atoms with Crippen molar-refractivity contribution in [3.63, 3.8) is 0 Å². The van der Waals surface area contributed by atoms with Gasteiger partial charge in [-0.25, -0.2) is 4.99 Å². The summed E-state index contributed by atoms with van der Waals surface area (Å²) in [6.45, 7) is 1.90. The number of rotatable bonds is 2. The standard InChI is InChI=1S/C21H13Cl3N2O/c1-12-8-15(6-7-18(12)24)25-20-17-4-2-3-5-19(17)26(21(20)27)16-10-13(22)9-14(23)11-16/h2-11H,1H3. The zero-order valence-electron chi connectivity index (χ0n) is 14.2. The molecule has 0 saturated heterocycles. The van der Waals surface area contributed by atoms with Gasteiger partial charge >= 0.3 is 0 Å². The fraction of sp³-hybridized carbons (Fsp3) is 0.0476. The second-order valence-electron chi connectivity index (χ2n) is 6.18. The van der Waals surface area contributed by atoms with Crippen LogP contribution in [0.1, 0.15) is 11.1 Å². The number of carbonyl (C=O) groups is 1. The van der Waals surface area contributed by atoms with E-state index < -0.39 is 0 Å². The van der Waals surface area contributed by atoms with Crippen LogP contribution in [0.4, 0.5) is 17.1 Å². The molecule has 0 saturated carbocycles. The molecule has 3 aromatic carbocycles. The van der Waals surface area contributed by atoms with E-state index in [1.165, 1.54) is 0 Å². The molecule has 0 radical (unpaired) electrons. The van der Waals surface area contributed by atoms with Crippen LogP contribution >= 0.6 is 34.8 Å². The van der Waals surface area contributed by atoms with E-state index in [1.807, 2.05) is 37.3 Å². The van der Waals surface area contributed by atoms with Crippen molar-refractivity contribution in [2.75, 3.05) is 4.90 Å². The number of carbonyl (C=O) groups excluding carboxylic acids is 1. The molecule has 1 aliphatic rings. The third-order valence-electron chi connectivity index (χ3n) is 4.29. The largest absolute Gasteiger partial charge is 0.282 e. The molecule has 0 N–H and O–H groups in total. The van der Waals surface area contributed by atoms with E-state index in [1.54, 1.807) is 35.2 Å². The maximum atomic E-state index is 13.2. The summed E-state index contributed by atoms with van der Waals surface area (Å²) in [5, 5.41) is 1.58. The van der Waals surface area contributed by atoms with Gasteiger partial charge in [-0.05, 0) is 55.0 Å². The molecule has 134 valence electrons. The Kier molecular flexibility index (Phi) is 4.68. The molecular formula is C21H13Cl3N2O. The number of fused-ring (bicyclic) bond motifs is 1. The normalized spacial score (nSPS) is 14.7. The molecule has 0 bridgehead atoms. The molecule has 0 fully saturated rings. The number of aliphatic imine (C=N–C) groups is 1. The fourth-order valence-electron chi connectivity index (χ4n) is 3.06. The van der Waals surface area contributed by atoms with Crippen LogP contribution in [0.5, 0.6) is 0 Å². The minimum atomic E-state index is -0.234. The number of hydrogen-bond donors (Lipinski definition) is 0. The summed E-state index contributed by atoms with van der Waals surface area (Å²) in [5.74, 6) is -0.234. The fourth-order valence-corrected chi connectivity index (χ4v) is 3.69. The highest BCUT2D eigenvalue weighted by Crippen LogP contribution is 2.38. The van der Waals surface area contributed by atoms with Gasteiger partial charge in [-0.3, -0.25) is 9.69 Å². The van der Waals surface area contributed by atoms with Gasteiger partial charge in [0, 0.05) is 20.6 Å². The molecule has 1 aliphatic heterocycles. The summed E-state index contributed by atoms with van der Waals surface area (Å²) in [5.41, 5.74) is 4.03. The van der Waals surface area contributed by atoms with E-state index in [2.05, 4.69) is 4.99 Å². The lowest BCUT2D eigenvalue weighted by atomic mass is 10.1. The molecule has 0 aliphatic carbocycles. The molecule has 27 heavy (non-hydrogen) atoms. The van der Waals surface area contributed by atoms with Crippen LogP contribution in [0.15, 0.2) is 65.7 Å². The number of hydrogen-bond acceptors (Lipinski definition) is 2. The van der Waals surface area contributed by atoms with Gasteiger partial charge in [-0.15, -0.1) is 0 Å². The quantitative estimate of drug-likeness (QED) is 0.455. The van der Waals surface area contributed by atoms with Crippen LogP contribution < -0.4 is 4.90 Å². The van der Waals surface area contributed by atoms with Gasteiger partial charge in [0.25, 0.3) is 5.91 Å². The van der Waals surface area contributed by atoms with Crippen LogP contribution in [0.2, 0.25) is 15.1 Å². The van der Waals surface area contributed by atoms with E-state index in [0.717, 1.165) is 16.8 Å². The van der Waals surface area contributed by atoms with Gasteiger partial charge < -0.3 is 0 Å². The van der Waals surface area contributed by atoms with Crippen LogP contribution in [-0.4, -0.2) is 11.6 Å². The molecule has 4 rings (SSSR count). The van der Waals surface area contributed by atoms with Crippen molar-refractivity contribution in [2.24, 2.45) is 4.99 Å². The minimum absolute atomic E-state index is 0.234. The molecule has 0 spiro atoms. The number of aryl methyl sites for hydroxylation is 1. The Hall–Kier alpha value is -2.33. The third kappa shape index (κ3) is 3.34. The smallest absolute Gasteiger partial charge is 0.275 e. The van der Waals surface area contributed by atoms with Gasteiger partial charge in [-0.2, -0.15) is 0 Å². The summed E-state index contributed by atoms with van der Waals surface area (Å²) in [6.07, 6.45) is 0. The number of anilines is 2. The Morgan fingerprint density at radius 2 is 1.59 bits per heavy atom. The lowest BCUT2D eigenvalue weighted by Crippen LogP contribution is -2.25. The number of para-hydroxylation sites is 1. The number of amides is 1. The molecular weight excluding hydrogens is 403 g/mol.